The Morgan fingerprint density at radius 2 is 2.00 bits per heavy atom. The van der Waals surface area contributed by atoms with Crippen LogP contribution < -0.4 is 5.32 Å². The molecule has 1 unspecified atom stereocenters. The van der Waals surface area contributed by atoms with Gasteiger partial charge in [0.2, 0.25) is 0 Å². The van der Waals surface area contributed by atoms with Crippen LogP contribution in [0.15, 0.2) is 36.9 Å². The largest absolute Gasteiger partial charge is 0.478 e. The first-order chi connectivity index (χ1) is 9.08. The molecule has 0 saturated carbocycles. The Morgan fingerprint density at radius 1 is 1.37 bits per heavy atom. The van der Waals surface area contributed by atoms with Crippen LogP contribution in [0.4, 0.5) is 4.79 Å². The van der Waals surface area contributed by atoms with Crippen LogP contribution in [0, 0.1) is 0 Å². The van der Waals surface area contributed by atoms with Crippen molar-refractivity contribution in [3.8, 4) is 0 Å². The third-order valence-electron chi connectivity index (χ3n) is 2.37. The highest BCUT2D eigenvalue weighted by atomic mass is 16.5. The molecule has 1 amide bonds. The van der Waals surface area contributed by atoms with E-state index < -0.39 is 18.1 Å². The van der Waals surface area contributed by atoms with Crippen molar-refractivity contribution in [3.05, 3.63) is 48.0 Å². The van der Waals surface area contributed by atoms with Gasteiger partial charge in [0.1, 0.15) is 6.61 Å². The normalized spacial score (nSPS) is 11.4. The van der Waals surface area contributed by atoms with Crippen LogP contribution in [-0.2, 0) is 4.74 Å². The van der Waals surface area contributed by atoms with Crippen LogP contribution in [-0.4, -0.2) is 35.5 Å². The Kier molecular flexibility index (Phi) is 5.56. The van der Waals surface area contributed by atoms with Crippen LogP contribution in [0.5, 0.6) is 0 Å². The lowest BCUT2D eigenvalue weighted by molar-refractivity contribution is 0.0696. The van der Waals surface area contributed by atoms with Gasteiger partial charge in [0.15, 0.2) is 0 Å². The van der Waals surface area contributed by atoms with Gasteiger partial charge in [0.25, 0.3) is 0 Å². The van der Waals surface area contributed by atoms with Gasteiger partial charge in [-0.05, 0) is 17.7 Å². The van der Waals surface area contributed by atoms with E-state index in [1.165, 1.54) is 30.3 Å². The molecule has 0 spiro atoms. The monoisotopic (exact) mass is 265 g/mol. The molecule has 0 aliphatic heterocycles. The van der Waals surface area contributed by atoms with E-state index in [4.69, 9.17) is 9.84 Å². The molecule has 0 radical (unpaired) electrons. The lowest BCUT2D eigenvalue weighted by Crippen LogP contribution is -2.31. The molecular formula is C13H15NO5. The topological polar surface area (TPSA) is 95.9 Å². The number of carbonyl (C=O) groups is 2. The van der Waals surface area contributed by atoms with Gasteiger partial charge in [0.05, 0.1) is 18.2 Å². The molecular weight excluding hydrogens is 250 g/mol. The molecule has 19 heavy (non-hydrogen) atoms. The number of carboxylic acids is 1. The minimum absolute atomic E-state index is 0.0714. The van der Waals surface area contributed by atoms with Gasteiger partial charge in [-0.1, -0.05) is 24.8 Å². The number of aliphatic hydroxyl groups excluding tert-OH is 1. The molecule has 0 aliphatic rings. The zero-order valence-corrected chi connectivity index (χ0v) is 10.2. The molecule has 3 N–H and O–H groups in total. The lowest BCUT2D eigenvalue weighted by Gasteiger charge is -2.16. The van der Waals surface area contributed by atoms with Gasteiger partial charge in [0, 0.05) is 0 Å². The number of alkyl carbamates (subject to hydrolysis) is 1. The van der Waals surface area contributed by atoms with Gasteiger partial charge in [-0.25, -0.2) is 9.59 Å². The minimum Gasteiger partial charge on any atom is -0.478 e. The van der Waals surface area contributed by atoms with Crippen LogP contribution in [0.25, 0.3) is 0 Å². The smallest absolute Gasteiger partial charge is 0.408 e. The molecule has 1 atom stereocenters. The summed E-state index contributed by atoms with van der Waals surface area (Å²) >= 11 is 0. The minimum atomic E-state index is -1.04. The molecule has 0 aromatic heterocycles. The third kappa shape index (κ3) is 4.44. The highest BCUT2D eigenvalue weighted by Crippen LogP contribution is 2.14. The van der Waals surface area contributed by atoms with Crippen molar-refractivity contribution in [3.63, 3.8) is 0 Å². The van der Waals surface area contributed by atoms with Gasteiger partial charge in [-0.3, -0.25) is 0 Å². The lowest BCUT2D eigenvalue weighted by atomic mass is 10.1. The molecule has 6 nitrogen and oxygen atoms in total. The summed E-state index contributed by atoms with van der Waals surface area (Å²) in [6, 6.07) is 5.20. The van der Waals surface area contributed by atoms with E-state index in [0.717, 1.165) is 0 Å². The van der Waals surface area contributed by atoms with Crippen molar-refractivity contribution < 1.29 is 24.5 Å². The predicted molar refractivity (Wildman–Crippen MR) is 67.9 cm³/mol. The van der Waals surface area contributed by atoms with Gasteiger partial charge in [-0.15, -0.1) is 0 Å². The van der Waals surface area contributed by atoms with E-state index in [1.54, 1.807) is 0 Å². The summed E-state index contributed by atoms with van der Waals surface area (Å²) in [6.07, 6.45) is 0.746. The SMILES string of the molecule is C=CCOC(=O)NC(CO)c1ccc(C(=O)O)cc1. The summed E-state index contributed by atoms with van der Waals surface area (Å²) in [7, 11) is 0. The molecule has 0 fully saturated rings. The van der Waals surface area contributed by atoms with E-state index in [-0.39, 0.29) is 18.8 Å². The summed E-state index contributed by atoms with van der Waals surface area (Å²) in [4.78, 5) is 22.0. The van der Waals surface area contributed by atoms with Crippen molar-refractivity contribution in [2.24, 2.45) is 0 Å². The van der Waals surface area contributed by atoms with Gasteiger partial charge < -0.3 is 20.3 Å². The zero-order valence-electron chi connectivity index (χ0n) is 10.2. The van der Waals surface area contributed by atoms with Crippen molar-refractivity contribution in [2.45, 2.75) is 6.04 Å². The number of hydrogen-bond acceptors (Lipinski definition) is 4. The second-order valence-corrected chi connectivity index (χ2v) is 3.69. The summed E-state index contributed by atoms with van der Waals surface area (Å²) < 4.78 is 4.73. The fourth-order valence-electron chi connectivity index (χ4n) is 1.41. The molecule has 1 rings (SSSR count). The predicted octanol–water partition coefficient (Wildman–Crippen LogP) is 1.33. The second kappa shape index (κ2) is 7.17. The Labute approximate surface area is 110 Å². The summed E-state index contributed by atoms with van der Waals surface area (Å²) in [5.41, 5.74) is 0.720. The number of nitrogens with one attached hydrogen (secondary N) is 1. The molecule has 0 heterocycles. The number of carboxylic acid groups (broad SMARTS) is 1. The summed E-state index contributed by atoms with van der Waals surface area (Å²) in [5, 5.41) is 20.5. The van der Waals surface area contributed by atoms with Crippen LogP contribution in [0.3, 0.4) is 0 Å². The number of aromatic carboxylic acids is 1. The average molecular weight is 265 g/mol. The van der Waals surface area contributed by atoms with Gasteiger partial charge >= 0.3 is 12.1 Å². The Hall–Kier alpha value is -2.34. The van der Waals surface area contributed by atoms with Crippen molar-refractivity contribution >= 4 is 12.1 Å². The standard InChI is InChI=1S/C13H15NO5/c1-2-7-19-13(18)14-11(8-15)9-3-5-10(6-4-9)12(16)17/h2-6,11,15H,1,7-8H2,(H,14,18)(H,16,17). The molecule has 1 aromatic carbocycles. The number of benzene rings is 1. The molecule has 6 heteroatoms. The quantitative estimate of drug-likeness (QED) is 0.674. The first-order valence-electron chi connectivity index (χ1n) is 5.56. The van der Waals surface area contributed by atoms with Crippen LogP contribution in [0.1, 0.15) is 22.0 Å². The van der Waals surface area contributed by atoms with Gasteiger partial charge in [-0.2, -0.15) is 0 Å². The van der Waals surface area contributed by atoms with Crippen LogP contribution in [0.2, 0.25) is 0 Å². The van der Waals surface area contributed by atoms with E-state index in [9.17, 15) is 14.7 Å². The molecule has 0 aliphatic carbocycles. The Bertz CT molecular complexity index is 455. The summed E-state index contributed by atoms with van der Waals surface area (Å²) in [6.45, 7) is 3.15. The number of amides is 1. The molecule has 0 saturated heterocycles. The number of aliphatic hydroxyl groups is 1. The fourth-order valence-corrected chi connectivity index (χ4v) is 1.41. The molecule has 1 aromatic rings. The number of ether oxygens (including phenoxy) is 1. The summed E-state index contributed by atoms with van der Waals surface area (Å²) in [5.74, 6) is -1.04. The highest BCUT2D eigenvalue weighted by molar-refractivity contribution is 5.87. The maximum atomic E-state index is 11.3. The average Bonchev–Trinajstić information content (AvgIpc) is 2.42. The first-order valence-corrected chi connectivity index (χ1v) is 5.56. The van der Waals surface area contributed by atoms with Crippen LogP contribution >= 0.6 is 0 Å². The van der Waals surface area contributed by atoms with E-state index in [2.05, 4.69) is 11.9 Å². The van der Waals surface area contributed by atoms with Crippen molar-refractivity contribution in [1.82, 2.24) is 5.32 Å². The fraction of sp³-hybridized carbons (Fsp3) is 0.231. The van der Waals surface area contributed by atoms with Crippen molar-refractivity contribution in [1.29, 1.82) is 0 Å². The number of rotatable bonds is 6. The van der Waals surface area contributed by atoms with Crippen molar-refractivity contribution in [2.75, 3.05) is 13.2 Å². The number of carbonyl (C=O) groups excluding carboxylic acids is 1. The van der Waals surface area contributed by atoms with E-state index in [1.807, 2.05) is 0 Å². The Morgan fingerprint density at radius 3 is 2.47 bits per heavy atom. The first kappa shape index (κ1) is 14.7. The molecule has 102 valence electrons. The highest BCUT2D eigenvalue weighted by Gasteiger charge is 2.14. The van der Waals surface area contributed by atoms with E-state index >= 15 is 0 Å². The second-order valence-electron chi connectivity index (χ2n) is 3.69. The Balaban J connectivity index is 2.71. The van der Waals surface area contributed by atoms with E-state index in [0.29, 0.717) is 5.56 Å². The third-order valence-corrected chi connectivity index (χ3v) is 2.37. The maximum Gasteiger partial charge on any atom is 0.408 e. The zero-order chi connectivity index (χ0) is 14.3. The number of hydrogen-bond donors (Lipinski definition) is 3. The molecule has 0 bridgehead atoms. The maximum absolute atomic E-state index is 11.3.